The minimum Gasteiger partial charge on any atom is -0.399 e. The topological polar surface area (TPSA) is 95.4 Å². The Morgan fingerprint density at radius 1 is 1.37 bits per heavy atom. The number of anilines is 1. The van der Waals surface area contributed by atoms with E-state index >= 15 is 0 Å². The van der Waals surface area contributed by atoms with Crippen LogP contribution in [0.15, 0.2) is 34.9 Å². The smallest absolute Gasteiger partial charge is 0.265 e. The zero-order valence-corrected chi connectivity index (χ0v) is 11.3. The molecule has 0 fully saturated rings. The van der Waals surface area contributed by atoms with Crippen LogP contribution in [-0.4, -0.2) is 19.8 Å². The van der Waals surface area contributed by atoms with E-state index in [9.17, 15) is 8.42 Å². The lowest BCUT2D eigenvalue weighted by Gasteiger charge is -2.06. The Balaban J connectivity index is 2.24. The fourth-order valence-corrected chi connectivity index (χ4v) is 2.24. The summed E-state index contributed by atoms with van der Waals surface area (Å²) >= 11 is 0. The van der Waals surface area contributed by atoms with E-state index in [1.807, 2.05) is 6.07 Å². The normalized spacial score (nSPS) is 13.4. The second-order valence-corrected chi connectivity index (χ2v) is 5.78. The lowest BCUT2D eigenvalue weighted by molar-refractivity contribution is 0.224. The van der Waals surface area contributed by atoms with Crippen molar-refractivity contribution < 1.29 is 17.1 Å². The molecule has 0 aliphatic heterocycles. The highest BCUT2D eigenvalue weighted by atomic mass is 32.2. The van der Waals surface area contributed by atoms with Crippen molar-refractivity contribution in [2.75, 3.05) is 12.0 Å². The first-order chi connectivity index (χ1) is 8.85. The number of benzene rings is 1. The van der Waals surface area contributed by atoms with Crippen LogP contribution in [0.5, 0.6) is 0 Å². The van der Waals surface area contributed by atoms with Gasteiger partial charge in [-0.25, -0.2) is 0 Å². The summed E-state index contributed by atoms with van der Waals surface area (Å²) in [6, 6.07) is 8.75. The highest BCUT2D eigenvalue weighted by Gasteiger charge is 2.17. The van der Waals surface area contributed by atoms with Crippen LogP contribution in [0.3, 0.4) is 0 Å². The minimum atomic E-state index is -3.54. The van der Waals surface area contributed by atoms with Gasteiger partial charge in [0.05, 0.1) is 6.26 Å². The van der Waals surface area contributed by atoms with Crippen LogP contribution in [0.25, 0.3) is 11.3 Å². The highest BCUT2D eigenvalue weighted by molar-refractivity contribution is 7.86. The third-order valence-electron chi connectivity index (χ3n) is 2.44. The lowest BCUT2D eigenvalue weighted by atomic mass is 10.1. The molecule has 1 aromatic heterocycles. The molecule has 1 unspecified atom stereocenters. The standard InChI is InChI=1S/C12H14N2O4S/c1-8(18-19(2,15)16)11-7-12(17-14-11)9-4-3-5-10(13)6-9/h3-8H,13H2,1-2H3. The minimum absolute atomic E-state index is 0.405. The maximum Gasteiger partial charge on any atom is 0.265 e. The van der Waals surface area contributed by atoms with Crippen molar-refractivity contribution in [2.45, 2.75) is 13.0 Å². The Morgan fingerprint density at radius 2 is 2.11 bits per heavy atom. The summed E-state index contributed by atoms with van der Waals surface area (Å²) in [5.74, 6) is 0.506. The summed E-state index contributed by atoms with van der Waals surface area (Å²) in [5, 5.41) is 3.80. The number of hydrogen-bond acceptors (Lipinski definition) is 6. The second-order valence-electron chi connectivity index (χ2n) is 4.18. The van der Waals surface area contributed by atoms with Gasteiger partial charge in [0.2, 0.25) is 0 Å². The maximum absolute atomic E-state index is 11.0. The van der Waals surface area contributed by atoms with Crippen LogP contribution < -0.4 is 5.73 Å². The summed E-state index contributed by atoms with van der Waals surface area (Å²) < 4.78 is 32.1. The first-order valence-corrected chi connectivity index (χ1v) is 7.37. The molecule has 1 heterocycles. The van der Waals surface area contributed by atoms with E-state index in [-0.39, 0.29) is 0 Å². The third-order valence-corrected chi connectivity index (χ3v) is 3.07. The predicted molar refractivity (Wildman–Crippen MR) is 70.7 cm³/mol. The Morgan fingerprint density at radius 3 is 2.74 bits per heavy atom. The number of hydrogen-bond donors (Lipinski definition) is 1. The maximum atomic E-state index is 11.0. The van der Waals surface area contributed by atoms with Crippen LogP contribution in [0.2, 0.25) is 0 Å². The molecule has 0 bridgehead atoms. The molecule has 0 aliphatic carbocycles. The van der Waals surface area contributed by atoms with Crippen molar-refractivity contribution in [1.82, 2.24) is 5.16 Å². The average molecular weight is 282 g/mol. The van der Waals surface area contributed by atoms with Crippen molar-refractivity contribution >= 4 is 15.8 Å². The first kappa shape index (κ1) is 13.6. The van der Waals surface area contributed by atoms with Gasteiger partial charge in [0.1, 0.15) is 11.8 Å². The summed E-state index contributed by atoms with van der Waals surface area (Å²) in [6.07, 6.45) is 0.288. The number of nitrogen functional groups attached to an aromatic ring is 1. The second kappa shape index (κ2) is 5.02. The van der Waals surface area contributed by atoms with Crippen LogP contribution in [0.1, 0.15) is 18.7 Å². The van der Waals surface area contributed by atoms with E-state index in [1.54, 1.807) is 31.2 Å². The van der Waals surface area contributed by atoms with Gasteiger partial charge >= 0.3 is 0 Å². The van der Waals surface area contributed by atoms with Crippen molar-refractivity contribution in [3.63, 3.8) is 0 Å². The molecule has 2 aromatic rings. The molecular weight excluding hydrogens is 268 g/mol. The molecule has 102 valence electrons. The van der Waals surface area contributed by atoms with E-state index in [4.69, 9.17) is 14.4 Å². The summed E-state index contributed by atoms with van der Waals surface area (Å²) in [7, 11) is -3.54. The van der Waals surface area contributed by atoms with Gasteiger partial charge in [-0.2, -0.15) is 8.42 Å². The Bertz CT molecular complexity index is 679. The van der Waals surface area contributed by atoms with Gasteiger partial charge in [-0.3, -0.25) is 4.18 Å². The van der Waals surface area contributed by atoms with E-state index in [1.165, 1.54) is 0 Å². The molecule has 0 spiro atoms. The van der Waals surface area contributed by atoms with Crippen molar-refractivity contribution in [2.24, 2.45) is 0 Å². The summed E-state index contributed by atoms with van der Waals surface area (Å²) in [5.41, 5.74) is 7.46. The monoisotopic (exact) mass is 282 g/mol. The molecule has 0 radical (unpaired) electrons. The van der Waals surface area contributed by atoms with E-state index in [0.29, 0.717) is 17.1 Å². The molecular formula is C12H14N2O4S. The lowest BCUT2D eigenvalue weighted by Crippen LogP contribution is -2.07. The molecule has 1 aromatic carbocycles. The van der Waals surface area contributed by atoms with E-state index < -0.39 is 16.2 Å². The fourth-order valence-electron chi connectivity index (χ4n) is 1.62. The quantitative estimate of drug-likeness (QED) is 0.680. The van der Waals surface area contributed by atoms with Crippen LogP contribution >= 0.6 is 0 Å². The Kier molecular flexibility index (Phi) is 3.59. The first-order valence-electron chi connectivity index (χ1n) is 5.56. The van der Waals surface area contributed by atoms with Gasteiger partial charge in [-0.15, -0.1) is 0 Å². The molecule has 2 rings (SSSR count). The average Bonchev–Trinajstić information content (AvgIpc) is 2.75. The van der Waals surface area contributed by atoms with Gasteiger partial charge in [-0.05, 0) is 19.1 Å². The highest BCUT2D eigenvalue weighted by Crippen LogP contribution is 2.26. The number of nitrogens with two attached hydrogens (primary N) is 1. The molecule has 2 N–H and O–H groups in total. The van der Waals surface area contributed by atoms with E-state index in [0.717, 1.165) is 11.8 Å². The van der Waals surface area contributed by atoms with Crippen LogP contribution in [0, 0.1) is 0 Å². The van der Waals surface area contributed by atoms with Gasteiger partial charge in [0, 0.05) is 17.3 Å². The summed E-state index contributed by atoms with van der Waals surface area (Å²) in [4.78, 5) is 0. The SMILES string of the molecule is CC(OS(C)(=O)=O)c1cc(-c2cccc(N)c2)on1. The van der Waals surface area contributed by atoms with E-state index in [2.05, 4.69) is 5.16 Å². The molecule has 19 heavy (non-hydrogen) atoms. The van der Waals surface area contributed by atoms with Crippen LogP contribution in [-0.2, 0) is 14.3 Å². The van der Waals surface area contributed by atoms with Crippen molar-refractivity contribution in [3.05, 3.63) is 36.0 Å². The van der Waals surface area contributed by atoms with Gasteiger partial charge in [-0.1, -0.05) is 17.3 Å². The molecule has 0 aliphatic rings. The largest absolute Gasteiger partial charge is 0.399 e. The van der Waals surface area contributed by atoms with Crippen LogP contribution in [0.4, 0.5) is 5.69 Å². The molecule has 0 saturated heterocycles. The zero-order chi connectivity index (χ0) is 14.0. The zero-order valence-electron chi connectivity index (χ0n) is 10.5. The van der Waals surface area contributed by atoms with Gasteiger partial charge in [0.15, 0.2) is 5.76 Å². The number of nitrogens with zero attached hydrogens (tertiary/aromatic N) is 1. The summed E-state index contributed by atoms with van der Waals surface area (Å²) in [6.45, 7) is 1.59. The third kappa shape index (κ3) is 3.55. The van der Waals surface area contributed by atoms with Gasteiger partial charge < -0.3 is 10.3 Å². The fraction of sp³-hybridized carbons (Fsp3) is 0.250. The van der Waals surface area contributed by atoms with Crippen molar-refractivity contribution in [1.29, 1.82) is 0 Å². The molecule has 1 atom stereocenters. The van der Waals surface area contributed by atoms with Crippen molar-refractivity contribution in [3.8, 4) is 11.3 Å². The number of rotatable bonds is 4. The predicted octanol–water partition coefficient (Wildman–Crippen LogP) is 1.96. The molecule has 0 amide bonds. The molecule has 7 heteroatoms. The molecule has 0 saturated carbocycles. The Hall–Kier alpha value is -1.86. The van der Waals surface area contributed by atoms with Gasteiger partial charge in [0.25, 0.3) is 10.1 Å². The number of aromatic nitrogens is 1. The Labute approximate surface area is 111 Å². The molecule has 6 nitrogen and oxygen atoms in total.